The molecular weight excluding hydrogens is 338 g/mol. The highest BCUT2D eigenvalue weighted by Gasteiger charge is 2.18. The van der Waals surface area contributed by atoms with Crippen LogP contribution in [-0.2, 0) is 11.3 Å². The number of rotatable bonds is 8. The number of halogens is 1. The largest absolute Gasteiger partial charge is 0.493 e. The topological polar surface area (TPSA) is 59.0 Å². The van der Waals surface area contributed by atoms with Gasteiger partial charge in [-0.2, -0.15) is 0 Å². The Morgan fingerprint density at radius 3 is 2.76 bits per heavy atom. The summed E-state index contributed by atoms with van der Waals surface area (Å²) < 4.78 is 11.6. The van der Waals surface area contributed by atoms with Crippen LogP contribution in [0.15, 0.2) is 29.3 Å². The van der Waals surface area contributed by atoms with Crippen LogP contribution in [0.4, 0.5) is 0 Å². The second kappa shape index (κ2) is 8.05. The number of carboxylic acid groups (broad SMARTS) is 1. The van der Waals surface area contributed by atoms with Crippen LogP contribution in [-0.4, -0.2) is 42.8 Å². The standard InChI is InChI=1S/C15H20BrNO4/c1-5-6-21-14-12(16)7-11(8-13(14)20-4)9-17(3)10(2)15(18)19/h5,7-8,10H,1,6,9H2,2-4H3,(H,18,19). The van der Waals surface area contributed by atoms with Gasteiger partial charge >= 0.3 is 5.97 Å². The second-order valence-corrected chi connectivity index (χ2v) is 5.49. The van der Waals surface area contributed by atoms with E-state index in [-0.39, 0.29) is 0 Å². The Balaban J connectivity index is 2.97. The Labute approximate surface area is 133 Å². The van der Waals surface area contributed by atoms with Gasteiger partial charge in [-0.3, -0.25) is 9.69 Å². The van der Waals surface area contributed by atoms with Crippen LogP contribution in [0.1, 0.15) is 12.5 Å². The van der Waals surface area contributed by atoms with E-state index in [2.05, 4.69) is 22.5 Å². The number of carbonyl (C=O) groups is 1. The molecule has 21 heavy (non-hydrogen) atoms. The third-order valence-corrected chi connectivity index (χ3v) is 3.67. The molecule has 0 bridgehead atoms. The van der Waals surface area contributed by atoms with Crippen LogP contribution in [0.2, 0.25) is 0 Å². The minimum Gasteiger partial charge on any atom is -0.493 e. The lowest BCUT2D eigenvalue weighted by molar-refractivity contribution is -0.142. The number of hydrogen-bond donors (Lipinski definition) is 1. The Morgan fingerprint density at radius 1 is 1.57 bits per heavy atom. The molecule has 0 heterocycles. The molecule has 1 atom stereocenters. The first kappa shape index (κ1) is 17.5. The van der Waals surface area contributed by atoms with Gasteiger partial charge in [0, 0.05) is 6.54 Å². The van der Waals surface area contributed by atoms with Crippen LogP contribution >= 0.6 is 15.9 Å². The number of benzene rings is 1. The van der Waals surface area contributed by atoms with Crippen LogP contribution < -0.4 is 9.47 Å². The maximum absolute atomic E-state index is 11.0. The summed E-state index contributed by atoms with van der Waals surface area (Å²) in [5.41, 5.74) is 0.931. The van der Waals surface area contributed by atoms with Crippen molar-refractivity contribution >= 4 is 21.9 Å². The highest BCUT2D eigenvalue weighted by molar-refractivity contribution is 9.10. The molecule has 1 aromatic rings. The molecule has 0 spiro atoms. The monoisotopic (exact) mass is 357 g/mol. The summed E-state index contributed by atoms with van der Waals surface area (Å²) in [6, 6.07) is 3.17. The summed E-state index contributed by atoms with van der Waals surface area (Å²) in [4.78, 5) is 12.7. The molecular formula is C15H20BrNO4. The third-order valence-electron chi connectivity index (χ3n) is 3.09. The van der Waals surface area contributed by atoms with Crippen molar-refractivity contribution in [2.75, 3.05) is 20.8 Å². The van der Waals surface area contributed by atoms with Crippen molar-refractivity contribution in [1.82, 2.24) is 4.90 Å². The van der Waals surface area contributed by atoms with Gasteiger partial charge in [0.1, 0.15) is 12.6 Å². The van der Waals surface area contributed by atoms with Gasteiger partial charge in [0.15, 0.2) is 11.5 Å². The number of hydrogen-bond acceptors (Lipinski definition) is 4. The van der Waals surface area contributed by atoms with Crippen molar-refractivity contribution in [2.24, 2.45) is 0 Å². The van der Waals surface area contributed by atoms with Crippen LogP contribution in [0, 0.1) is 0 Å². The summed E-state index contributed by atoms with van der Waals surface area (Å²) in [5.74, 6) is 0.349. The molecule has 0 fully saturated rings. The van der Waals surface area contributed by atoms with Gasteiger partial charge in [0.2, 0.25) is 0 Å². The molecule has 1 aromatic carbocycles. The van der Waals surface area contributed by atoms with E-state index >= 15 is 0 Å². The maximum atomic E-state index is 11.0. The van der Waals surface area contributed by atoms with Crippen molar-refractivity contribution in [3.8, 4) is 11.5 Å². The number of ether oxygens (including phenoxy) is 2. The molecule has 0 aliphatic heterocycles. The molecule has 0 saturated carbocycles. The number of aliphatic carboxylic acids is 1. The van der Waals surface area contributed by atoms with Gasteiger partial charge in [0.25, 0.3) is 0 Å². The Kier molecular flexibility index (Phi) is 6.71. The van der Waals surface area contributed by atoms with E-state index < -0.39 is 12.0 Å². The van der Waals surface area contributed by atoms with Gasteiger partial charge in [-0.15, -0.1) is 0 Å². The minimum atomic E-state index is -0.852. The highest BCUT2D eigenvalue weighted by Crippen LogP contribution is 2.37. The van der Waals surface area contributed by atoms with Gasteiger partial charge < -0.3 is 14.6 Å². The molecule has 6 heteroatoms. The lowest BCUT2D eigenvalue weighted by atomic mass is 10.1. The number of carboxylic acids is 1. The van der Waals surface area contributed by atoms with E-state index in [1.807, 2.05) is 12.1 Å². The van der Waals surface area contributed by atoms with Gasteiger partial charge in [-0.1, -0.05) is 12.7 Å². The number of likely N-dealkylation sites (N-methyl/N-ethyl adjacent to an activating group) is 1. The summed E-state index contributed by atoms with van der Waals surface area (Å²) in [6.45, 7) is 6.13. The maximum Gasteiger partial charge on any atom is 0.320 e. The van der Waals surface area contributed by atoms with E-state index in [0.29, 0.717) is 24.7 Å². The predicted octanol–water partition coefficient (Wildman–Crippen LogP) is 2.93. The zero-order valence-corrected chi connectivity index (χ0v) is 14.0. The molecule has 0 amide bonds. The summed E-state index contributed by atoms with van der Waals surface area (Å²) in [6.07, 6.45) is 1.65. The third kappa shape index (κ3) is 4.75. The lowest BCUT2D eigenvalue weighted by Crippen LogP contribution is -2.35. The van der Waals surface area contributed by atoms with Crippen molar-refractivity contribution in [1.29, 1.82) is 0 Å². The molecule has 5 nitrogen and oxygen atoms in total. The first-order valence-corrected chi connectivity index (χ1v) is 7.23. The first-order valence-electron chi connectivity index (χ1n) is 6.43. The second-order valence-electron chi connectivity index (χ2n) is 4.64. The quantitative estimate of drug-likeness (QED) is 0.724. The molecule has 0 radical (unpaired) electrons. The Morgan fingerprint density at radius 2 is 2.24 bits per heavy atom. The fourth-order valence-electron chi connectivity index (χ4n) is 1.76. The number of methoxy groups -OCH3 is 1. The zero-order chi connectivity index (χ0) is 16.0. The normalized spacial score (nSPS) is 12.0. The minimum absolute atomic E-state index is 0.379. The van der Waals surface area contributed by atoms with Crippen molar-refractivity contribution in [3.63, 3.8) is 0 Å². The Bertz CT molecular complexity index is 519. The van der Waals surface area contributed by atoms with Crippen LogP contribution in [0.5, 0.6) is 11.5 Å². The average Bonchev–Trinajstić information content (AvgIpc) is 2.44. The fourth-order valence-corrected chi connectivity index (χ4v) is 2.36. The van der Waals surface area contributed by atoms with Crippen LogP contribution in [0.3, 0.4) is 0 Å². The molecule has 0 saturated heterocycles. The van der Waals surface area contributed by atoms with Crippen molar-refractivity contribution in [2.45, 2.75) is 19.5 Å². The predicted molar refractivity (Wildman–Crippen MR) is 85.0 cm³/mol. The van der Waals surface area contributed by atoms with Crippen molar-refractivity contribution < 1.29 is 19.4 Å². The van der Waals surface area contributed by atoms with Gasteiger partial charge in [0.05, 0.1) is 11.6 Å². The molecule has 0 aromatic heterocycles. The zero-order valence-electron chi connectivity index (χ0n) is 12.4. The van der Waals surface area contributed by atoms with Crippen LogP contribution in [0.25, 0.3) is 0 Å². The first-order chi connectivity index (χ1) is 9.90. The van der Waals surface area contributed by atoms with Gasteiger partial charge in [-0.25, -0.2) is 0 Å². The van der Waals surface area contributed by atoms with E-state index in [9.17, 15) is 4.79 Å². The molecule has 1 unspecified atom stereocenters. The molecule has 1 rings (SSSR count). The highest BCUT2D eigenvalue weighted by atomic mass is 79.9. The van der Waals surface area contributed by atoms with E-state index in [1.165, 1.54) is 0 Å². The SMILES string of the molecule is C=CCOc1c(Br)cc(CN(C)C(C)C(=O)O)cc1OC. The average molecular weight is 358 g/mol. The summed E-state index contributed by atoms with van der Waals surface area (Å²) in [5, 5.41) is 9.02. The molecule has 116 valence electrons. The summed E-state index contributed by atoms with van der Waals surface area (Å²) >= 11 is 3.45. The number of nitrogens with zero attached hydrogens (tertiary/aromatic N) is 1. The lowest BCUT2D eigenvalue weighted by Gasteiger charge is -2.22. The molecule has 1 N–H and O–H groups in total. The fraction of sp³-hybridized carbons (Fsp3) is 0.400. The van der Waals surface area contributed by atoms with Gasteiger partial charge in [-0.05, 0) is 47.6 Å². The van der Waals surface area contributed by atoms with E-state index in [1.54, 1.807) is 32.1 Å². The van der Waals surface area contributed by atoms with Crippen molar-refractivity contribution in [3.05, 3.63) is 34.8 Å². The smallest absolute Gasteiger partial charge is 0.320 e. The van der Waals surface area contributed by atoms with E-state index in [4.69, 9.17) is 14.6 Å². The Hall–Kier alpha value is -1.53. The van der Waals surface area contributed by atoms with E-state index in [0.717, 1.165) is 10.0 Å². The summed E-state index contributed by atoms with van der Waals surface area (Å²) in [7, 11) is 3.33. The molecule has 0 aliphatic rings. The molecule has 0 aliphatic carbocycles.